The van der Waals surface area contributed by atoms with Crippen LogP contribution in [0.1, 0.15) is 36.3 Å². The van der Waals surface area contributed by atoms with Crippen molar-refractivity contribution >= 4 is 12.1 Å². The van der Waals surface area contributed by atoms with Crippen LogP contribution in [0.15, 0.2) is 48.5 Å². The molecular formula is C22H23NO5. The van der Waals surface area contributed by atoms with Crippen molar-refractivity contribution in [1.82, 2.24) is 5.32 Å². The van der Waals surface area contributed by atoms with Gasteiger partial charge in [-0.15, -0.1) is 0 Å². The summed E-state index contributed by atoms with van der Waals surface area (Å²) in [6.45, 7) is 0.138. The lowest BCUT2D eigenvalue weighted by Crippen LogP contribution is -2.45. The Balaban J connectivity index is 1.44. The number of amides is 1. The van der Waals surface area contributed by atoms with E-state index in [1.54, 1.807) is 0 Å². The Morgan fingerprint density at radius 2 is 1.64 bits per heavy atom. The first-order valence-electron chi connectivity index (χ1n) is 9.57. The summed E-state index contributed by atoms with van der Waals surface area (Å²) >= 11 is 0. The Morgan fingerprint density at radius 1 is 1.04 bits per heavy atom. The third-order valence-electron chi connectivity index (χ3n) is 5.80. The summed E-state index contributed by atoms with van der Waals surface area (Å²) in [4.78, 5) is 23.9. The number of rotatable bonds is 5. The number of fused-ring (bicyclic) bond motifs is 3. The minimum Gasteiger partial charge on any atom is -0.480 e. The third-order valence-corrected chi connectivity index (χ3v) is 5.80. The van der Waals surface area contributed by atoms with Gasteiger partial charge in [-0.25, -0.2) is 9.59 Å². The molecule has 3 N–H and O–H groups in total. The van der Waals surface area contributed by atoms with Crippen LogP contribution in [0.2, 0.25) is 0 Å². The van der Waals surface area contributed by atoms with Crippen molar-refractivity contribution in [2.24, 2.45) is 5.92 Å². The molecule has 0 bridgehead atoms. The summed E-state index contributed by atoms with van der Waals surface area (Å²) in [6, 6.07) is 15.0. The van der Waals surface area contributed by atoms with Crippen molar-refractivity contribution in [3.63, 3.8) is 0 Å². The summed E-state index contributed by atoms with van der Waals surface area (Å²) in [5.74, 6) is -1.46. The second kappa shape index (κ2) is 7.64. The molecule has 146 valence electrons. The second-order valence-electron chi connectivity index (χ2n) is 7.51. The number of carbonyl (C=O) groups excluding carboxylic acids is 1. The second-order valence-corrected chi connectivity index (χ2v) is 7.51. The van der Waals surface area contributed by atoms with E-state index in [1.165, 1.54) is 0 Å². The van der Waals surface area contributed by atoms with Gasteiger partial charge in [0.05, 0.1) is 6.10 Å². The molecule has 0 radical (unpaired) electrons. The Hall–Kier alpha value is -2.86. The van der Waals surface area contributed by atoms with Gasteiger partial charge in [-0.3, -0.25) is 0 Å². The lowest BCUT2D eigenvalue weighted by Gasteiger charge is -2.21. The molecule has 0 heterocycles. The Labute approximate surface area is 163 Å². The fraction of sp³-hybridized carbons (Fsp3) is 0.364. The highest BCUT2D eigenvalue weighted by Gasteiger charge is 2.36. The molecule has 2 aliphatic carbocycles. The molecule has 4 rings (SSSR count). The molecule has 6 heteroatoms. The molecule has 3 atom stereocenters. The van der Waals surface area contributed by atoms with Gasteiger partial charge < -0.3 is 20.3 Å². The number of nitrogens with one attached hydrogen (secondary N) is 1. The Bertz CT molecular complexity index is 851. The number of hydrogen-bond acceptors (Lipinski definition) is 4. The van der Waals surface area contributed by atoms with E-state index in [1.807, 2.05) is 36.4 Å². The SMILES string of the molecule is O=C(NC(C(=O)O)C1CCC(O)C1)OCC1c2ccccc2-c2ccccc21. The largest absolute Gasteiger partial charge is 0.480 e. The van der Waals surface area contributed by atoms with Crippen LogP contribution in [0.3, 0.4) is 0 Å². The molecule has 28 heavy (non-hydrogen) atoms. The summed E-state index contributed by atoms with van der Waals surface area (Å²) in [5.41, 5.74) is 4.47. The van der Waals surface area contributed by atoms with Gasteiger partial charge in [0.1, 0.15) is 12.6 Å². The number of aliphatic carboxylic acids is 1. The number of aliphatic hydroxyl groups excluding tert-OH is 1. The first kappa shape index (κ1) is 18.5. The molecular weight excluding hydrogens is 358 g/mol. The number of hydrogen-bond donors (Lipinski definition) is 3. The van der Waals surface area contributed by atoms with Crippen molar-refractivity contribution in [3.05, 3.63) is 59.7 Å². The molecule has 2 aromatic rings. The van der Waals surface area contributed by atoms with Crippen molar-refractivity contribution in [1.29, 1.82) is 0 Å². The standard InChI is InChI=1S/C22H23NO5/c24-14-10-9-13(11-14)20(21(25)26)23-22(27)28-12-19-17-7-3-1-5-15(17)16-6-2-4-8-18(16)19/h1-8,13-14,19-20,24H,9-12H2,(H,23,27)(H,25,26). The van der Waals surface area contributed by atoms with Crippen LogP contribution in [-0.4, -0.2) is 41.0 Å². The van der Waals surface area contributed by atoms with Gasteiger partial charge >= 0.3 is 12.1 Å². The van der Waals surface area contributed by atoms with Crippen LogP contribution >= 0.6 is 0 Å². The van der Waals surface area contributed by atoms with Crippen LogP contribution in [0, 0.1) is 5.92 Å². The van der Waals surface area contributed by atoms with E-state index in [9.17, 15) is 19.8 Å². The number of benzene rings is 2. The highest BCUT2D eigenvalue weighted by molar-refractivity contribution is 5.81. The van der Waals surface area contributed by atoms with Crippen molar-refractivity contribution in [3.8, 4) is 11.1 Å². The fourth-order valence-electron chi connectivity index (χ4n) is 4.44. The molecule has 3 unspecified atom stereocenters. The predicted octanol–water partition coefficient (Wildman–Crippen LogP) is 3.14. The van der Waals surface area contributed by atoms with E-state index >= 15 is 0 Å². The minimum atomic E-state index is -1.10. The molecule has 6 nitrogen and oxygen atoms in total. The molecule has 2 aliphatic rings. The molecule has 0 saturated heterocycles. The monoisotopic (exact) mass is 381 g/mol. The van der Waals surface area contributed by atoms with Gasteiger partial charge in [-0.1, -0.05) is 48.5 Å². The maximum atomic E-state index is 12.3. The number of ether oxygens (including phenoxy) is 1. The van der Waals surface area contributed by atoms with E-state index in [-0.39, 0.29) is 18.4 Å². The topological polar surface area (TPSA) is 95.9 Å². The van der Waals surface area contributed by atoms with Crippen LogP contribution in [-0.2, 0) is 9.53 Å². The maximum Gasteiger partial charge on any atom is 0.407 e. The Kier molecular flexibility index (Phi) is 5.05. The van der Waals surface area contributed by atoms with E-state index < -0.39 is 24.2 Å². The molecule has 2 aromatic carbocycles. The van der Waals surface area contributed by atoms with Gasteiger partial charge in [0.2, 0.25) is 0 Å². The fourth-order valence-corrected chi connectivity index (χ4v) is 4.44. The molecule has 1 amide bonds. The van der Waals surface area contributed by atoms with Crippen LogP contribution < -0.4 is 5.32 Å². The predicted molar refractivity (Wildman–Crippen MR) is 103 cm³/mol. The summed E-state index contributed by atoms with van der Waals surface area (Å²) in [7, 11) is 0. The smallest absolute Gasteiger partial charge is 0.407 e. The molecule has 1 saturated carbocycles. The highest BCUT2D eigenvalue weighted by Crippen LogP contribution is 2.44. The average molecular weight is 381 g/mol. The molecule has 1 fully saturated rings. The number of aliphatic hydroxyl groups is 1. The Morgan fingerprint density at radius 3 is 2.18 bits per heavy atom. The van der Waals surface area contributed by atoms with Gasteiger partial charge in [0.25, 0.3) is 0 Å². The summed E-state index contributed by atoms with van der Waals surface area (Å²) < 4.78 is 5.43. The number of alkyl carbamates (subject to hydrolysis) is 1. The summed E-state index contributed by atoms with van der Waals surface area (Å²) in [5, 5.41) is 21.6. The first-order chi connectivity index (χ1) is 13.5. The van der Waals surface area contributed by atoms with E-state index in [2.05, 4.69) is 17.4 Å². The number of carbonyl (C=O) groups is 2. The number of carboxylic acids is 1. The minimum absolute atomic E-state index is 0.0743. The van der Waals surface area contributed by atoms with Crippen LogP contribution in [0.5, 0.6) is 0 Å². The number of carboxylic acid groups (broad SMARTS) is 1. The van der Waals surface area contributed by atoms with Crippen LogP contribution in [0.4, 0.5) is 4.79 Å². The quantitative estimate of drug-likeness (QED) is 0.739. The maximum absolute atomic E-state index is 12.3. The highest BCUT2D eigenvalue weighted by atomic mass is 16.5. The van der Waals surface area contributed by atoms with E-state index in [0.717, 1.165) is 22.3 Å². The van der Waals surface area contributed by atoms with Gasteiger partial charge in [-0.05, 0) is 47.4 Å². The van der Waals surface area contributed by atoms with Gasteiger partial charge in [0, 0.05) is 5.92 Å². The van der Waals surface area contributed by atoms with E-state index in [0.29, 0.717) is 19.3 Å². The average Bonchev–Trinajstić information content (AvgIpc) is 3.26. The lowest BCUT2D eigenvalue weighted by atomic mass is 9.98. The lowest BCUT2D eigenvalue weighted by molar-refractivity contribution is -0.140. The van der Waals surface area contributed by atoms with Gasteiger partial charge in [-0.2, -0.15) is 0 Å². The zero-order chi connectivity index (χ0) is 19.7. The van der Waals surface area contributed by atoms with Crippen molar-refractivity contribution in [2.45, 2.75) is 37.3 Å². The molecule has 0 spiro atoms. The normalized spacial score (nSPS) is 21.6. The van der Waals surface area contributed by atoms with Crippen molar-refractivity contribution < 1.29 is 24.5 Å². The molecule has 0 aliphatic heterocycles. The van der Waals surface area contributed by atoms with Gasteiger partial charge in [0.15, 0.2) is 0 Å². The van der Waals surface area contributed by atoms with Crippen molar-refractivity contribution in [2.75, 3.05) is 6.61 Å². The summed E-state index contributed by atoms with van der Waals surface area (Å²) in [6.07, 6.45) is 0.260. The zero-order valence-corrected chi connectivity index (χ0v) is 15.4. The van der Waals surface area contributed by atoms with Crippen LogP contribution in [0.25, 0.3) is 11.1 Å². The first-order valence-corrected chi connectivity index (χ1v) is 9.57. The van der Waals surface area contributed by atoms with E-state index in [4.69, 9.17) is 4.74 Å². The molecule has 0 aromatic heterocycles. The zero-order valence-electron chi connectivity index (χ0n) is 15.4. The third kappa shape index (κ3) is 3.47.